The first-order chi connectivity index (χ1) is 10.3. The van der Waals surface area contributed by atoms with E-state index < -0.39 is 5.60 Å². The van der Waals surface area contributed by atoms with Gasteiger partial charge in [-0.25, -0.2) is 0 Å². The Morgan fingerprint density at radius 2 is 2.00 bits per heavy atom. The van der Waals surface area contributed by atoms with E-state index in [-0.39, 0.29) is 16.6 Å². The number of ketones is 1. The molecule has 0 amide bonds. The van der Waals surface area contributed by atoms with Gasteiger partial charge < -0.3 is 5.11 Å². The molecule has 4 rings (SSSR count). The van der Waals surface area contributed by atoms with E-state index in [0.717, 1.165) is 32.1 Å². The molecule has 0 saturated heterocycles. The van der Waals surface area contributed by atoms with Gasteiger partial charge in [0.05, 0.1) is 5.60 Å². The molecule has 0 bridgehead atoms. The van der Waals surface area contributed by atoms with Crippen LogP contribution in [0.1, 0.15) is 52.9 Å². The van der Waals surface area contributed by atoms with Gasteiger partial charge in [-0.15, -0.1) is 0 Å². The highest BCUT2D eigenvalue weighted by Gasteiger charge is 2.59. The van der Waals surface area contributed by atoms with E-state index in [1.165, 1.54) is 11.1 Å². The third kappa shape index (κ3) is 1.62. The lowest BCUT2D eigenvalue weighted by atomic mass is 9.52. The van der Waals surface area contributed by atoms with Crippen LogP contribution in [0.2, 0.25) is 0 Å². The van der Waals surface area contributed by atoms with E-state index in [4.69, 9.17) is 0 Å². The molecule has 0 unspecified atom stereocenters. The van der Waals surface area contributed by atoms with E-state index in [1.54, 1.807) is 6.08 Å². The zero-order valence-corrected chi connectivity index (χ0v) is 13.9. The molecule has 5 atom stereocenters. The molecule has 0 aromatic heterocycles. The first-order valence-corrected chi connectivity index (χ1v) is 8.65. The van der Waals surface area contributed by atoms with E-state index in [1.807, 2.05) is 13.0 Å². The summed E-state index contributed by atoms with van der Waals surface area (Å²) in [5, 5.41) is 10.9. The van der Waals surface area contributed by atoms with Gasteiger partial charge in [0.1, 0.15) is 0 Å². The van der Waals surface area contributed by atoms with Crippen LogP contribution in [0, 0.1) is 22.7 Å². The van der Waals surface area contributed by atoms with Crippen molar-refractivity contribution >= 4 is 5.78 Å². The minimum absolute atomic E-state index is 0.00689. The Bertz CT molecular complexity index is 636. The van der Waals surface area contributed by atoms with Crippen LogP contribution in [0.15, 0.2) is 35.5 Å². The molecule has 2 fully saturated rings. The van der Waals surface area contributed by atoms with Gasteiger partial charge in [0.2, 0.25) is 0 Å². The maximum absolute atomic E-state index is 11.7. The summed E-state index contributed by atoms with van der Waals surface area (Å²) in [6.07, 6.45) is 13.3. The smallest absolute Gasteiger partial charge is 0.178 e. The highest BCUT2D eigenvalue weighted by molar-refractivity contribution is 6.01. The third-order valence-electron chi connectivity index (χ3n) is 7.51. The SMILES string of the molecule is C[C@]12C=CC(=O)C=C1CC[C@@H]1C2=CC[C@]2(C)[C@H]1CC[C@]2(C)O. The van der Waals surface area contributed by atoms with Crippen molar-refractivity contribution in [1.29, 1.82) is 0 Å². The summed E-state index contributed by atoms with van der Waals surface area (Å²) in [4.78, 5) is 11.7. The number of carbonyl (C=O) groups is 1. The van der Waals surface area contributed by atoms with Crippen LogP contribution >= 0.6 is 0 Å². The molecule has 2 saturated carbocycles. The van der Waals surface area contributed by atoms with Gasteiger partial charge in [-0.2, -0.15) is 0 Å². The molecular formula is C20H26O2. The van der Waals surface area contributed by atoms with Crippen molar-refractivity contribution in [2.75, 3.05) is 0 Å². The molecule has 4 aliphatic carbocycles. The van der Waals surface area contributed by atoms with Gasteiger partial charge >= 0.3 is 0 Å². The minimum Gasteiger partial charge on any atom is -0.390 e. The molecule has 1 N–H and O–H groups in total. The van der Waals surface area contributed by atoms with Crippen LogP contribution in [0.5, 0.6) is 0 Å². The number of carbonyl (C=O) groups excluding carboxylic acids is 1. The molecule has 2 nitrogen and oxygen atoms in total. The standard InChI is InChI=1S/C20H26O2/c1-18-9-6-14(21)12-13(18)4-5-15-16(18)7-10-19(2)17(15)8-11-20(19,3)22/h6-7,9,12,15,17,22H,4-5,8,10-11H2,1-3H3/t15-,17+,18+,19-,20+/m1/s1. The zero-order chi connectivity index (χ0) is 15.8. The number of aliphatic hydroxyl groups is 1. The molecular weight excluding hydrogens is 272 g/mol. The van der Waals surface area contributed by atoms with Crippen LogP contribution in [-0.4, -0.2) is 16.5 Å². The van der Waals surface area contributed by atoms with Gasteiger partial charge in [-0.05, 0) is 69.9 Å². The average molecular weight is 298 g/mol. The van der Waals surface area contributed by atoms with Crippen LogP contribution in [0.3, 0.4) is 0 Å². The van der Waals surface area contributed by atoms with Crippen LogP contribution in [0.25, 0.3) is 0 Å². The lowest BCUT2D eigenvalue weighted by Crippen LogP contribution is -2.49. The number of hydrogen-bond acceptors (Lipinski definition) is 2. The number of fused-ring (bicyclic) bond motifs is 5. The van der Waals surface area contributed by atoms with Gasteiger partial charge in [0.25, 0.3) is 0 Å². The monoisotopic (exact) mass is 298 g/mol. The van der Waals surface area contributed by atoms with Crippen molar-refractivity contribution in [3.05, 3.63) is 35.5 Å². The fourth-order valence-corrected chi connectivity index (χ4v) is 5.75. The van der Waals surface area contributed by atoms with Crippen molar-refractivity contribution in [1.82, 2.24) is 0 Å². The lowest BCUT2D eigenvalue weighted by molar-refractivity contribution is -0.110. The van der Waals surface area contributed by atoms with E-state index in [2.05, 4.69) is 26.0 Å². The van der Waals surface area contributed by atoms with Crippen LogP contribution in [-0.2, 0) is 4.79 Å². The molecule has 22 heavy (non-hydrogen) atoms. The minimum atomic E-state index is -0.547. The maximum Gasteiger partial charge on any atom is 0.178 e. The summed E-state index contributed by atoms with van der Waals surface area (Å²) >= 11 is 0. The van der Waals surface area contributed by atoms with Crippen molar-refractivity contribution < 1.29 is 9.90 Å². The largest absolute Gasteiger partial charge is 0.390 e. The Balaban J connectivity index is 1.79. The van der Waals surface area contributed by atoms with Crippen molar-refractivity contribution in [2.45, 2.75) is 58.5 Å². The highest BCUT2D eigenvalue weighted by atomic mass is 16.3. The van der Waals surface area contributed by atoms with Gasteiger partial charge in [-0.3, -0.25) is 4.79 Å². The van der Waals surface area contributed by atoms with Gasteiger partial charge in [0, 0.05) is 10.8 Å². The van der Waals surface area contributed by atoms with Gasteiger partial charge in [-0.1, -0.05) is 30.2 Å². The van der Waals surface area contributed by atoms with E-state index >= 15 is 0 Å². The second-order valence-corrected chi connectivity index (χ2v) is 8.45. The Kier molecular flexibility index (Phi) is 2.77. The highest BCUT2D eigenvalue weighted by Crippen LogP contribution is 2.64. The first-order valence-electron chi connectivity index (χ1n) is 8.65. The predicted molar refractivity (Wildman–Crippen MR) is 87.2 cm³/mol. The van der Waals surface area contributed by atoms with Crippen molar-refractivity contribution in [2.24, 2.45) is 22.7 Å². The third-order valence-corrected chi connectivity index (χ3v) is 7.51. The molecule has 4 aliphatic rings. The average Bonchev–Trinajstić information content (AvgIpc) is 2.70. The molecule has 0 aromatic carbocycles. The topological polar surface area (TPSA) is 37.3 Å². The fourth-order valence-electron chi connectivity index (χ4n) is 5.75. The number of allylic oxidation sites excluding steroid dienone is 6. The Hall–Kier alpha value is -1.15. The fraction of sp³-hybridized carbons (Fsp3) is 0.650. The normalized spacial score (nSPS) is 49.9. The Morgan fingerprint density at radius 3 is 2.77 bits per heavy atom. The first kappa shape index (κ1) is 14.4. The summed E-state index contributed by atoms with van der Waals surface area (Å²) in [6, 6.07) is 0. The summed E-state index contributed by atoms with van der Waals surface area (Å²) in [5.41, 5.74) is 2.19. The summed E-state index contributed by atoms with van der Waals surface area (Å²) in [7, 11) is 0. The van der Waals surface area contributed by atoms with Crippen molar-refractivity contribution in [3.8, 4) is 0 Å². The van der Waals surface area contributed by atoms with E-state index in [0.29, 0.717) is 11.8 Å². The zero-order valence-electron chi connectivity index (χ0n) is 13.9. The molecule has 0 aromatic rings. The summed E-state index contributed by atoms with van der Waals surface area (Å²) in [5.74, 6) is 1.27. The number of hydrogen-bond donors (Lipinski definition) is 1. The molecule has 2 heteroatoms. The molecule has 0 aliphatic heterocycles. The van der Waals surface area contributed by atoms with Gasteiger partial charge in [0.15, 0.2) is 5.78 Å². The second kappa shape index (κ2) is 4.23. The molecule has 118 valence electrons. The molecule has 0 spiro atoms. The van der Waals surface area contributed by atoms with Crippen LogP contribution < -0.4 is 0 Å². The Labute approximate surface area is 133 Å². The number of rotatable bonds is 0. The quantitative estimate of drug-likeness (QED) is 0.687. The summed E-state index contributed by atoms with van der Waals surface area (Å²) in [6.45, 7) is 6.59. The lowest BCUT2D eigenvalue weighted by Gasteiger charge is -2.53. The second-order valence-electron chi connectivity index (χ2n) is 8.45. The molecule has 0 heterocycles. The predicted octanol–water partition coefficient (Wildman–Crippen LogP) is 3.97. The van der Waals surface area contributed by atoms with Crippen LogP contribution in [0.4, 0.5) is 0 Å². The van der Waals surface area contributed by atoms with E-state index in [9.17, 15) is 9.90 Å². The Morgan fingerprint density at radius 1 is 1.23 bits per heavy atom. The molecule has 0 radical (unpaired) electrons. The maximum atomic E-state index is 11.7. The summed E-state index contributed by atoms with van der Waals surface area (Å²) < 4.78 is 0. The van der Waals surface area contributed by atoms with Crippen molar-refractivity contribution in [3.63, 3.8) is 0 Å².